The smallest absolute Gasteiger partial charge is 0.226 e. The Bertz CT molecular complexity index is 937. The Morgan fingerprint density at radius 3 is 3.14 bits per heavy atom. The minimum absolute atomic E-state index is 0.0325. The maximum atomic E-state index is 12.9. The van der Waals surface area contributed by atoms with Gasteiger partial charge in [-0.05, 0) is 18.6 Å². The molecule has 8 heteroatoms. The predicted molar refractivity (Wildman–Crippen MR) is 112 cm³/mol. The molecule has 1 aromatic carbocycles. The SMILES string of the molecule is COCCn1cc([C@H]2OCC[C@@H]2C(=O)NC[C@H](C)c2nc3ccccc3s2)cn1. The molecule has 0 saturated carbocycles. The van der Waals surface area contributed by atoms with Gasteiger partial charge in [0.15, 0.2) is 0 Å². The second-order valence-corrected chi connectivity index (χ2v) is 8.44. The van der Waals surface area contributed by atoms with Crippen LogP contribution in [-0.2, 0) is 20.8 Å². The number of carbonyl (C=O) groups excluding carboxylic acids is 1. The van der Waals surface area contributed by atoms with E-state index in [1.165, 1.54) is 4.70 Å². The van der Waals surface area contributed by atoms with Crippen LogP contribution >= 0.6 is 11.3 Å². The molecule has 154 valence electrons. The molecule has 4 rings (SSSR count). The second kappa shape index (κ2) is 9.02. The van der Waals surface area contributed by atoms with Gasteiger partial charge in [-0.2, -0.15) is 5.10 Å². The first kappa shape index (κ1) is 20.0. The van der Waals surface area contributed by atoms with Crippen LogP contribution in [0.5, 0.6) is 0 Å². The zero-order valence-electron chi connectivity index (χ0n) is 16.7. The van der Waals surface area contributed by atoms with Crippen LogP contribution in [0.15, 0.2) is 36.7 Å². The van der Waals surface area contributed by atoms with Crippen molar-refractivity contribution in [1.82, 2.24) is 20.1 Å². The molecular formula is C21H26N4O3S. The average molecular weight is 415 g/mol. The second-order valence-electron chi connectivity index (χ2n) is 7.38. The molecule has 3 atom stereocenters. The molecule has 0 aliphatic carbocycles. The Hall–Kier alpha value is -2.29. The fraction of sp³-hybridized carbons (Fsp3) is 0.476. The third kappa shape index (κ3) is 4.49. The molecule has 3 aromatic rings. The number of hydrogen-bond acceptors (Lipinski definition) is 6. The lowest BCUT2D eigenvalue weighted by Crippen LogP contribution is -2.34. The van der Waals surface area contributed by atoms with E-state index in [9.17, 15) is 4.79 Å². The van der Waals surface area contributed by atoms with Crippen molar-refractivity contribution in [2.75, 3.05) is 26.9 Å². The summed E-state index contributed by atoms with van der Waals surface area (Å²) in [7, 11) is 1.67. The monoisotopic (exact) mass is 414 g/mol. The van der Waals surface area contributed by atoms with Gasteiger partial charge >= 0.3 is 0 Å². The first-order chi connectivity index (χ1) is 14.2. The number of aromatic nitrogens is 3. The lowest BCUT2D eigenvalue weighted by Gasteiger charge is -2.18. The maximum Gasteiger partial charge on any atom is 0.226 e. The molecule has 1 amide bonds. The lowest BCUT2D eigenvalue weighted by molar-refractivity contribution is -0.126. The van der Waals surface area contributed by atoms with Crippen molar-refractivity contribution < 1.29 is 14.3 Å². The summed E-state index contributed by atoms with van der Waals surface area (Å²) >= 11 is 1.69. The fourth-order valence-corrected chi connectivity index (χ4v) is 4.61. The third-order valence-corrected chi connectivity index (χ3v) is 6.52. The summed E-state index contributed by atoms with van der Waals surface area (Å²) in [4.78, 5) is 17.6. The molecule has 1 aliphatic rings. The molecule has 7 nitrogen and oxygen atoms in total. The predicted octanol–water partition coefficient (Wildman–Crippen LogP) is 3.14. The summed E-state index contributed by atoms with van der Waals surface area (Å²) in [6.45, 7) is 4.52. The van der Waals surface area contributed by atoms with E-state index < -0.39 is 0 Å². The van der Waals surface area contributed by atoms with Crippen LogP contribution in [0.4, 0.5) is 0 Å². The van der Waals surface area contributed by atoms with Gasteiger partial charge in [0.25, 0.3) is 0 Å². The van der Waals surface area contributed by atoms with Gasteiger partial charge in [-0.1, -0.05) is 19.1 Å². The zero-order valence-corrected chi connectivity index (χ0v) is 17.5. The van der Waals surface area contributed by atoms with Gasteiger partial charge in [0.2, 0.25) is 5.91 Å². The van der Waals surface area contributed by atoms with E-state index in [0.29, 0.717) is 26.3 Å². The molecule has 2 aromatic heterocycles. The molecule has 0 unspecified atom stereocenters. The fourth-order valence-electron chi connectivity index (χ4n) is 3.59. The number of carbonyl (C=O) groups is 1. The third-order valence-electron chi connectivity index (χ3n) is 5.25. The van der Waals surface area contributed by atoms with Crippen molar-refractivity contribution in [3.63, 3.8) is 0 Å². The van der Waals surface area contributed by atoms with E-state index in [-0.39, 0.29) is 23.8 Å². The number of thiazole rings is 1. The van der Waals surface area contributed by atoms with Gasteiger partial charge < -0.3 is 14.8 Å². The number of nitrogens with one attached hydrogen (secondary N) is 1. The minimum atomic E-state index is -0.246. The van der Waals surface area contributed by atoms with Crippen molar-refractivity contribution >= 4 is 27.5 Å². The lowest BCUT2D eigenvalue weighted by atomic mass is 9.96. The molecule has 29 heavy (non-hydrogen) atoms. The normalized spacial score (nSPS) is 20.2. The number of para-hydroxylation sites is 1. The van der Waals surface area contributed by atoms with Gasteiger partial charge in [0, 0.05) is 37.9 Å². The van der Waals surface area contributed by atoms with Gasteiger partial charge in [-0.3, -0.25) is 9.48 Å². The Labute approximate surface area is 174 Å². The highest BCUT2D eigenvalue weighted by atomic mass is 32.1. The first-order valence-corrected chi connectivity index (χ1v) is 10.7. The van der Waals surface area contributed by atoms with E-state index >= 15 is 0 Å². The number of ether oxygens (including phenoxy) is 2. The van der Waals surface area contributed by atoms with E-state index in [4.69, 9.17) is 14.5 Å². The quantitative estimate of drug-likeness (QED) is 0.613. The number of rotatable bonds is 8. The van der Waals surface area contributed by atoms with Gasteiger partial charge in [-0.15, -0.1) is 11.3 Å². The molecular weight excluding hydrogens is 388 g/mol. The summed E-state index contributed by atoms with van der Waals surface area (Å²) in [5.41, 5.74) is 1.96. The number of methoxy groups -OCH3 is 1. The Morgan fingerprint density at radius 1 is 1.45 bits per heavy atom. The van der Waals surface area contributed by atoms with Gasteiger partial charge in [0.1, 0.15) is 0 Å². The number of benzene rings is 1. The van der Waals surface area contributed by atoms with Crippen LogP contribution in [0, 0.1) is 5.92 Å². The summed E-state index contributed by atoms with van der Waals surface area (Å²) in [6, 6.07) is 8.12. The van der Waals surface area contributed by atoms with Crippen LogP contribution < -0.4 is 5.32 Å². The average Bonchev–Trinajstić information content (AvgIpc) is 3.48. The summed E-state index contributed by atoms with van der Waals surface area (Å²) in [5.74, 6) is -0.00309. The minimum Gasteiger partial charge on any atom is -0.383 e. The van der Waals surface area contributed by atoms with Crippen molar-refractivity contribution in [2.24, 2.45) is 5.92 Å². The zero-order chi connectivity index (χ0) is 20.2. The van der Waals surface area contributed by atoms with E-state index in [2.05, 4.69) is 23.4 Å². The molecule has 0 bridgehead atoms. The largest absolute Gasteiger partial charge is 0.383 e. The van der Waals surface area contributed by atoms with Crippen LogP contribution in [0.2, 0.25) is 0 Å². The van der Waals surface area contributed by atoms with Crippen molar-refractivity contribution in [1.29, 1.82) is 0 Å². The first-order valence-electron chi connectivity index (χ1n) is 9.91. The molecule has 1 saturated heterocycles. The van der Waals surface area contributed by atoms with Crippen LogP contribution in [0.25, 0.3) is 10.2 Å². The maximum absolute atomic E-state index is 12.9. The standard InChI is InChI=1S/C21H26N4O3S/c1-14(21-24-17-5-3-4-6-18(17)29-21)11-22-20(26)16-7-9-28-19(16)15-12-23-25(13-15)8-10-27-2/h3-6,12-14,16,19H,7-11H2,1-2H3,(H,22,26)/t14-,16-,19+/m0/s1. The molecule has 1 fully saturated rings. The Kier molecular flexibility index (Phi) is 6.22. The molecule has 0 radical (unpaired) electrons. The van der Waals surface area contributed by atoms with Crippen LogP contribution in [0.1, 0.15) is 35.9 Å². The van der Waals surface area contributed by atoms with Crippen molar-refractivity contribution in [3.8, 4) is 0 Å². The van der Waals surface area contributed by atoms with Crippen molar-refractivity contribution in [3.05, 3.63) is 47.2 Å². The number of hydrogen-bond donors (Lipinski definition) is 1. The van der Waals surface area contributed by atoms with Gasteiger partial charge in [0.05, 0.1) is 46.6 Å². The number of amides is 1. The van der Waals surface area contributed by atoms with E-state index in [0.717, 1.165) is 22.5 Å². The van der Waals surface area contributed by atoms with Crippen LogP contribution in [-0.4, -0.2) is 47.5 Å². The van der Waals surface area contributed by atoms with E-state index in [1.807, 2.05) is 29.1 Å². The molecule has 0 spiro atoms. The van der Waals surface area contributed by atoms with E-state index in [1.54, 1.807) is 24.6 Å². The molecule has 1 N–H and O–H groups in total. The number of nitrogens with zero attached hydrogens (tertiary/aromatic N) is 3. The topological polar surface area (TPSA) is 78.3 Å². The van der Waals surface area contributed by atoms with Gasteiger partial charge in [-0.25, -0.2) is 4.98 Å². The highest BCUT2D eigenvalue weighted by Crippen LogP contribution is 2.34. The number of fused-ring (bicyclic) bond motifs is 1. The Morgan fingerprint density at radius 2 is 2.31 bits per heavy atom. The Balaban J connectivity index is 1.36. The summed E-state index contributed by atoms with van der Waals surface area (Å²) in [5, 5.41) is 8.50. The molecule has 3 heterocycles. The molecule has 1 aliphatic heterocycles. The highest BCUT2D eigenvalue weighted by molar-refractivity contribution is 7.18. The van der Waals surface area contributed by atoms with Crippen LogP contribution in [0.3, 0.4) is 0 Å². The van der Waals surface area contributed by atoms with Crippen molar-refractivity contribution in [2.45, 2.75) is 31.9 Å². The summed E-state index contributed by atoms with van der Waals surface area (Å²) in [6.07, 6.45) is 4.20. The summed E-state index contributed by atoms with van der Waals surface area (Å²) < 4.78 is 14.0. The highest BCUT2D eigenvalue weighted by Gasteiger charge is 2.36.